The van der Waals surface area contributed by atoms with Crippen molar-refractivity contribution in [1.82, 2.24) is 0 Å². The summed E-state index contributed by atoms with van der Waals surface area (Å²) >= 11 is 3.61. The molecule has 0 aromatic carbocycles. The van der Waals surface area contributed by atoms with Crippen molar-refractivity contribution < 1.29 is 8.78 Å². The minimum absolute atomic E-state index is 0.134. The first-order valence-electron chi connectivity index (χ1n) is 2.61. The summed E-state index contributed by atoms with van der Waals surface area (Å²) in [5.41, 5.74) is -0.134. The Hall–Kier alpha value is -0.0500. The van der Waals surface area contributed by atoms with E-state index in [2.05, 4.69) is 19.2 Å². The fourth-order valence-corrected chi connectivity index (χ4v) is 0.577. The maximum atomic E-state index is 12.5. The number of hydrogen-bond acceptors (Lipinski definition) is 1. The highest BCUT2D eigenvalue weighted by molar-refractivity contribution is 7.81. The molecule has 0 fully saturated rings. The molecular weight excluding hydrogens is 142 g/mol. The maximum Gasteiger partial charge on any atom is 0.279 e. The molecule has 3 heteroatoms. The van der Waals surface area contributed by atoms with Gasteiger partial charge >= 0.3 is 0 Å². The van der Waals surface area contributed by atoms with Crippen LogP contribution in [-0.4, -0.2) is 11.2 Å². The topological polar surface area (TPSA) is 0 Å². The Bertz CT molecular complexity index is 118. The van der Waals surface area contributed by atoms with E-state index in [9.17, 15) is 8.78 Å². The second-order valence-corrected chi connectivity index (χ2v) is 2.85. The van der Waals surface area contributed by atoms with Crippen LogP contribution >= 0.6 is 12.6 Å². The number of hydrogen-bond donors (Lipinski definition) is 1. The number of rotatable bonds is 2. The standard InChI is InChI=1S/C6H10F2S/c1-4(2)6(7,8)5(3)9/h5,9H,1H2,2-3H3. The smallest absolute Gasteiger partial charge is 0.201 e. The van der Waals surface area contributed by atoms with Gasteiger partial charge in [0.1, 0.15) is 0 Å². The zero-order chi connectivity index (χ0) is 7.65. The molecule has 0 spiro atoms. The first-order valence-corrected chi connectivity index (χ1v) is 3.12. The van der Waals surface area contributed by atoms with Crippen LogP contribution in [0.2, 0.25) is 0 Å². The van der Waals surface area contributed by atoms with Crippen LogP contribution in [-0.2, 0) is 0 Å². The summed E-state index contributed by atoms with van der Waals surface area (Å²) in [7, 11) is 0. The average Bonchev–Trinajstić information content (AvgIpc) is 1.65. The monoisotopic (exact) mass is 152 g/mol. The molecule has 0 aliphatic carbocycles. The van der Waals surface area contributed by atoms with E-state index in [0.717, 1.165) is 0 Å². The highest BCUT2D eigenvalue weighted by atomic mass is 32.1. The Morgan fingerprint density at radius 1 is 1.67 bits per heavy atom. The van der Waals surface area contributed by atoms with Gasteiger partial charge in [0.05, 0.1) is 5.25 Å². The molecule has 0 N–H and O–H groups in total. The van der Waals surface area contributed by atoms with Crippen LogP contribution in [0.25, 0.3) is 0 Å². The van der Waals surface area contributed by atoms with Crippen LogP contribution in [0.4, 0.5) is 8.78 Å². The maximum absolute atomic E-state index is 12.5. The van der Waals surface area contributed by atoms with Crippen molar-refractivity contribution in [2.75, 3.05) is 0 Å². The van der Waals surface area contributed by atoms with Gasteiger partial charge in [0.25, 0.3) is 5.92 Å². The molecule has 0 aromatic heterocycles. The third kappa shape index (κ3) is 1.97. The van der Waals surface area contributed by atoms with Crippen molar-refractivity contribution in [1.29, 1.82) is 0 Å². The second kappa shape index (κ2) is 2.69. The van der Waals surface area contributed by atoms with E-state index < -0.39 is 11.2 Å². The number of halogens is 2. The molecule has 1 unspecified atom stereocenters. The molecule has 0 bridgehead atoms. The summed E-state index contributed by atoms with van der Waals surface area (Å²) in [6, 6.07) is 0. The fraction of sp³-hybridized carbons (Fsp3) is 0.667. The van der Waals surface area contributed by atoms with Gasteiger partial charge in [-0.1, -0.05) is 6.58 Å². The van der Waals surface area contributed by atoms with Crippen molar-refractivity contribution in [3.05, 3.63) is 12.2 Å². The number of alkyl halides is 2. The van der Waals surface area contributed by atoms with Gasteiger partial charge in [-0.3, -0.25) is 0 Å². The minimum atomic E-state index is -2.83. The van der Waals surface area contributed by atoms with Crippen LogP contribution in [0.1, 0.15) is 13.8 Å². The van der Waals surface area contributed by atoms with Crippen LogP contribution in [0.15, 0.2) is 12.2 Å². The molecule has 0 nitrogen and oxygen atoms in total. The lowest BCUT2D eigenvalue weighted by molar-refractivity contribution is 0.0450. The van der Waals surface area contributed by atoms with Gasteiger partial charge < -0.3 is 0 Å². The Balaban J connectivity index is 4.19. The van der Waals surface area contributed by atoms with Gasteiger partial charge in [0.15, 0.2) is 0 Å². The highest BCUT2D eigenvalue weighted by Gasteiger charge is 2.34. The molecule has 0 aliphatic heterocycles. The summed E-state index contributed by atoms with van der Waals surface area (Å²) < 4.78 is 25.0. The summed E-state index contributed by atoms with van der Waals surface area (Å²) in [6.07, 6.45) is 0. The van der Waals surface area contributed by atoms with E-state index in [1.807, 2.05) is 0 Å². The van der Waals surface area contributed by atoms with Gasteiger partial charge in [-0.2, -0.15) is 12.6 Å². The minimum Gasteiger partial charge on any atom is -0.201 e. The lowest BCUT2D eigenvalue weighted by Gasteiger charge is -2.18. The molecule has 0 saturated heterocycles. The average molecular weight is 152 g/mol. The van der Waals surface area contributed by atoms with Gasteiger partial charge in [-0.25, -0.2) is 8.78 Å². The van der Waals surface area contributed by atoms with E-state index in [1.54, 1.807) is 0 Å². The van der Waals surface area contributed by atoms with Crippen LogP contribution in [0, 0.1) is 0 Å². The van der Waals surface area contributed by atoms with Gasteiger partial charge in [0, 0.05) is 0 Å². The van der Waals surface area contributed by atoms with E-state index in [-0.39, 0.29) is 5.57 Å². The predicted molar refractivity (Wildman–Crippen MR) is 38.2 cm³/mol. The molecule has 0 saturated carbocycles. The number of allylic oxidation sites excluding steroid dienone is 1. The van der Waals surface area contributed by atoms with Crippen LogP contribution < -0.4 is 0 Å². The fourth-order valence-electron chi connectivity index (χ4n) is 0.357. The molecular formula is C6H10F2S. The van der Waals surface area contributed by atoms with Gasteiger partial charge in [-0.05, 0) is 19.4 Å². The first-order chi connectivity index (χ1) is 3.89. The largest absolute Gasteiger partial charge is 0.279 e. The molecule has 0 rings (SSSR count). The normalized spacial score (nSPS) is 15.2. The zero-order valence-electron chi connectivity index (χ0n) is 5.49. The summed E-state index contributed by atoms with van der Waals surface area (Å²) in [5.74, 6) is -2.83. The Labute approximate surface area is 59.4 Å². The SMILES string of the molecule is C=C(C)C(F)(F)C(C)S. The number of thiol groups is 1. The lowest BCUT2D eigenvalue weighted by atomic mass is 10.1. The van der Waals surface area contributed by atoms with E-state index >= 15 is 0 Å². The van der Waals surface area contributed by atoms with Crippen molar-refractivity contribution in [3.8, 4) is 0 Å². The molecule has 0 aromatic rings. The molecule has 9 heavy (non-hydrogen) atoms. The summed E-state index contributed by atoms with van der Waals surface area (Å²) in [5, 5.41) is -0.949. The van der Waals surface area contributed by atoms with Gasteiger partial charge in [0.2, 0.25) is 0 Å². The molecule has 0 amide bonds. The first kappa shape index (κ1) is 8.95. The van der Waals surface area contributed by atoms with Crippen LogP contribution in [0.5, 0.6) is 0 Å². The van der Waals surface area contributed by atoms with E-state index in [4.69, 9.17) is 0 Å². The van der Waals surface area contributed by atoms with Gasteiger partial charge in [-0.15, -0.1) is 0 Å². The Morgan fingerprint density at radius 3 is 2.00 bits per heavy atom. The summed E-state index contributed by atoms with van der Waals surface area (Å²) in [6.45, 7) is 5.79. The zero-order valence-corrected chi connectivity index (χ0v) is 6.38. The Kier molecular flexibility index (Phi) is 2.67. The summed E-state index contributed by atoms with van der Waals surface area (Å²) in [4.78, 5) is 0. The third-order valence-electron chi connectivity index (χ3n) is 1.09. The predicted octanol–water partition coefficient (Wildman–Crippen LogP) is 2.52. The van der Waals surface area contributed by atoms with Crippen molar-refractivity contribution in [2.45, 2.75) is 25.0 Å². The van der Waals surface area contributed by atoms with Crippen molar-refractivity contribution in [3.63, 3.8) is 0 Å². The highest BCUT2D eigenvalue weighted by Crippen LogP contribution is 2.29. The van der Waals surface area contributed by atoms with E-state index in [1.165, 1.54) is 13.8 Å². The van der Waals surface area contributed by atoms with E-state index in [0.29, 0.717) is 0 Å². The molecule has 54 valence electrons. The molecule has 0 aliphatic rings. The molecule has 1 atom stereocenters. The van der Waals surface area contributed by atoms with Crippen LogP contribution in [0.3, 0.4) is 0 Å². The van der Waals surface area contributed by atoms with Crippen molar-refractivity contribution in [2.24, 2.45) is 0 Å². The third-order valence-corrected chi connectivity index (χ3v) is 1.42. The molecule has 0 heterocycles. The van der Waals surface area contributed by atoms with Crippen molar-refractivity contribution >= 4 is 12.6 Å². The Morgan fingerprint density at radius 2 is 2.00 bits per heavy atom. The lowest BCUT2D eigenvalue weighted by Crippen LogP contribution is -2.27. The quantitative estimate of drug-likeness (QED) is 0.456. The molecule has 0 radical (unpaired) electrons. The second-order valence-electron chi connectivity index (χ2n) is 2.08.